The van der Waals surface area contributed by atoms with Gasteiger partial charge in [-0.25, -0.2) is 4.79 Å². The average molecular weight is 504 g/mol. The monoisotopic (exact) mass is 503 g/mol. The summed E-state index contributed by atoms with van der Waals surface area (Å²) in [4.78, 5) is 54.2. The zero-order valence-corrected chi connectivity index (χ0v) is 21.5. The zero-order chi connectivity index (χ0) is 25.8. The van der Waals surface area contributed by atoms with Gasteiger partial charge in [0, 0.05) is 28.3 Å². The molecular formula is C26H34ClN3O5. The molecule has 1 aromatic heterocycles. The largest absolute Gasteiger partial charge is 0.467 e. The Morgan fingerprint density at radius 1 is 1.14 bits per heavy atom. The molecule has 2 aromatic rings. The van der Waals surface area contributed by atoms with Gasteiger partial charge in [0.1, 0.15) is 23.6 Å². The number of methoxy groups -OCH3 is 1. The first-order valence-electron chi connectivity index (χ1n) is 12.0. The average Bonchev–Trinajstić information content (AvgIpc) is 3.21. The highest BCUT2D eigenvalue weighted by atomic mass is 35.5. The van der Waals surface area contributed by atoms with E-state index in [4.69, 9.17) is 16.3 Å². The minimum Gasteiger partial charge on any atom is -0.467 e. The Hall–Kier alpha value is -2.87. The Kier molecular flexibility index (Phi) is 8.59. The van der Waals surface area contributed by atoms with Crippen molar-refractivity contribution in [1.82, 2.24) is 15.6 Å². The van der Waals surface area contributed by atoms with Crippen molar-refractivity contribution >= 4 is 46.1 Å². The molecule has 1 aliphatic carbocycles. The van der Waals surface area contributed by atoms with Gasteiger partial charge in [0.15, 0.2) is 0 Å². The third kappa shape index (κ3) is 7.31. The molecule has 9 heteroatoms. The number of ketones is 1. The first-order valence-corrected chi connectivity index (χ1v) is 12.3. The van der Waals surface area contributed by atoms with Gasteiger partial charge in [-0.2, -0.15) is 0 Å². The third-order valence-electron chi connectivity index (χ3n) is 6.27. The molecular weight excluding hydrogens is 470 g/mol. The number of hydrogen-bond acceptors (Lipinski definition) is 5. The summed E-state index contributed by atoms with van der Waals surface area (Å²) in [6, 6.07) is 5.09. The molecule has 0 saturated heterocycles. The highest BCUT2D eigenvalue weighted by Crippen LogP contribution is 2.26. The predicted molar refractivity (Wildman–Crippen MR) is 134 cm³/mol. The van der Waals surface area contributed by atoms with Crippen LogP contribution >= 0.6 is 11.6 Å². The van der Waals surface area contributed by atoms with Crippen LogP contribution in [0.25, 0.3) is 10.9 Å². The van der Waals surface area contributed by atoms with Crippen molar-refractivity contribution in [1.29, 1.82) is 0 Å². The van der Waals surface area contributed by atoms with E-state index in [1.165, 1.54) is 7.11 Å². The number of halogens is 1. The Bertz CT molecular complexity index is 1100. The molecule has 0 aliphatic heterocycles. The summed E-state index contributed by atoms with van der Waals surface area (Å²) >= 11 is 6.04. The predicted octanol–water partition coefficient (Wildman–Crippen LogP) is 4.16. The summed E-state index contributed by atoms with van der Waals surface area (Å²) in [6.07, 6.45) is 3.48. The number of esters is 1. The lowest BCUT2D eigenvalue weighted by molar-refractivity contribution is -0.146. The molecule has 3 rings (SSSR count). The molecule has 1 aromatic carbocycles. The maximum Gasteiger partial charge on any atom is 0.328 e. The standard InChI is InChI=1S/C26H34ClN3O5/c1-26(2,3)14-21(30-23(32)19-11-15-9-10-17(27)13-18(15)28-19)24(33)29-20(25(34)35-4)12-16-7-5-6-8-22(16)31/h9-11,13,16,20-21,28H,5-8,12,14H2,1-4H3,(H,29,33)(H,30,32)/t16-,20-,21-/m0/s1. The Balaban J connectivity index is 1.77. The van der Waals surface area contributed by atoms with Crippen molar-refractivity contribution in [3.63, 3.8) is 0 Å². The Labute approximate surface area is 210 Å². The number of nitrogens with one attached hydrogen (secondary N) is 3. The van der Waals surface area contributed by atoms with Crippen molar-refractivity contribution in [3.8, 4) is 0 Å². The SMILES string of the molecule is COC(=O)[C@H](C[C@@H]1CCCCC1=O)NC(=O)[C@H](CC(C)(C)C)NC(=O)c1cc2ccc(Cl)cc2[nH]1. The van der Waals surface area contributed by atoms with Crippen LogP contribution in [-0.4, -0.2) is 47.7 Å². The minimum absolute atomic E-state index is 0.109. The number of rotatable bonds is 8. The molecule has 190 valence electrons. The fourth-order valence-electron chi connectivity index (χ4n) is 4.50. The number of aromatic amines is 1. The molecule has 1 heterocycles. The van der Waals surface area contributed by atoms with E-state index in [9.17, 15) is 19.2 Å². The van der Waals surface area contributed by atoms with Crippen LogP contribution in [0.5, 0.6) is 0 Å². The number of benzene rings is 1. The molecule has 8 nitrogen and oxygen atoms in total. The number of amides is 2. The molecule has 3 N–H and O–H groups in total. The quantitative estimate of drug-likeness (QED) is 0.467. The number of H-pyrrole nitrogens is 1. The van der Waals surface area contributed by atoms with Crippen molar-refractivity contribution < 1.29 is 23.9 Å². The van der Waals surface area contributed by atoms with Gasteiger partial charge in [-0.3, -0.25) is 14.4 Å². The third-order valence-corrected chi connectivity index (χ3v) is 6.51. The first-order chi connectivity index (χ1) is 16.5. The van der Waals surface area contributed by atoms with Gasteiger partial charge in [0.05, 0.1) is 7.11 Å². The number of carbonyl (C=O) groups excluding carboxylic acids is 4. The van der Waals surface area contributed by atoms with Crippen LogP contribution in [0, 0.1) is 11.3 Å². The molecule has 35 heavy (non-hydrogen) atoms. The Morgan fingerprint density at radius 3 is 2.54 bits per heavy atom. The van der Waals surface area contributed by atoms with Crippen LogP contribution in [0.1, 0.15) is 69.8 Å². The molecule has 1 saturated carbocycles. The van der Waals surface area contributed by atoms with Crippen LogP contribution in [0.15, 0.2) is 24.3 Å². The van der Waals surface area contributed by atoms with Crippen LogP contribution < -0.4 is 10.6 Å². The molecule has 0 bridgehead atoms. The summed E-state index contributed by atoms with van der Waals surface area (Å²) in [7, 11) is 1.25. The maximum absolute atomic E-state index is 13.3. The summed E-state index contributed by atoms with van der Waals surface area (Å²) in [5.74, 6) is -1.73. The van der Waals surface area contributed by atoms with Gasteiger partial charge in [-0.05, 0) is 49.3 Å². The van der Waals surface area contributed by atoms with Crippen molar-refractivity contribution in [2.24, 2.45) is 11.3 Å². The topological polar surface area (TPSA) is 117 Å². The number of Topliss-reactive ketones (excluding diaryl/α,β-unsaturated/α-hetero) is 1. The first kappa shape index (κ1) is 26.7. The van der Waals surface area contributed by atoms with Crippen LogP contribution in [-0.2, 0) is 19.1 Å². The number of aromatic nitrogens is 1. The molecule has 0 radical (unpaired) electrons. The highest BCUT2D eigenvalue weighted by molar-refractivity contribution is 6.31. The van der Waals surface area contributed by atoms with Crippen LogP contribution in [0.2, 0.25) is 5.02 Å². The maximum atomic E-state index is 13.3. The molecule has 0 unspecified atom stereocenters. The fourth-order valence-corrected chi connectivity index (χ4v) is 4.67. The van der Waals surface area contributed by atoms with E-state index in [-0.39, 0.29) is 23.5 Å². The summed E-state index contributed by atoms with van der Waals surface area (Å²) in [5, 5.41) is 6.91. The van der Waals surface area contributed by atoms with E-state index in [0.29, 0.717) is 35.5 Å². The lowest BCUT2D eigenvalue weighted by atomic mass is 9.83. The van der Waals surface area contributed by atoms with Gasteiger partial charge in [0.2, 0.25) is 5.91 Å². The number of carbonyl (C=O) groups is 4. The zero-order valence-electron chi connectivity index (χ0n) is 20.7. The van der Waals surface area contributed by atoms with Crippen molar-refractivity contribution in [2.75, 3.05) is 7.11 Å². The van der Waals surface area contributed by atoms with Gasteiger partial charge in [0.25, 0.3) is 5.91 Å². The highest BCUT2D eigenvalue weighted by Gasteiger charge is 2.34. The molecule has 3 atom stereocenters. The fraction of sp³-hybridized carbons (Fsp3) is 0.538. The minimum atomic E-state index is -0.964. The van der Waals surface area contributed by atoms with E-state index in [1.54, 1.807) is 24.3 Å². The van der Waals surface area contributed by atoms with E-state index in [0.717, 1.165) is 18.2 Å². The Morgan fingerprint density at radius 2 is 1.89 bits per heavy atom. The van der Waals surface area contributed by atoms with Crippen LogP contribution in [0.4, 0.5) is 0 Å². The van der Waals surface area contributed by atoms with Gasteiger partial charge < -0.3 is 20.4 Å². The van der Waals surface area contributed by atoms with E-state index >= 15 is 0 Å². The van der Waals surface area contributed by atoms with E-state index < -0.39 is 29.9 Å². The molecule has 1 aliphatic rings. The summed E-state index contributed by atoms with van der Waals surface area (Å²) in [5.41, 5.74) is 0.720. The molecule has 1 fully saturated rings. The molecule has 2 amide bonds. The van der Waals surface area contributed by atoms with Crippen LogP contribution in [0.3, 0.4) is 0 Å². The van der Waals surface area contributed by atoms with E-state index in [1.807, 2.05) is 20.8 Å². The second kappa shape index (κ2) is 11.2. The second-order valence-corrected chi connectivity index (χ2v) is 10.9. The van der Waals surface area contributed by atoms with Crippen molar-refractivity contribution in [2.45, 2.75) is 71.4 Å². The summed E-state index contributed by atoms with van der Waals surface area (Å²) in [6.45, 7) is 5.88. The van der Waals surface area contributed by atoms with Crippen molar-refractivity contribution in [3.05, 3.63) is 35.0 Å². The molecule has 0 spiro atoms. The van der Waals surface area contributed by atoms with Gasteiger partial charge in [-0.15, -0.1) is 0 Å². The lowest BCUT2D eigenvalue weighted by Gasteiger charge is -2.29. The van der Waals surface area contributed by atoms with Gasteiger partial charge >= 0.3 is 5.97 Å². The number of ether oxygens (including phenoxy) is 1. The number of fused-ring (bicyclic) bond motifs is 1. The summed E-state index contributed by atoms with van der Waals surface area (Å²) < 4.78 is 4.90. The normalized spacial score (nSPS) is 18.1. The van der Waals surface area contributed by atoms with E-state index in [2.05, 4.69) is 15.6 Å². The smallest absolute Gasteiger partial charge is 0.328 e. The lowest BCUT2D eigenvalue weighted by Crippen LogP contribution is -2.53. The van der Waals surface area contributed by atoms with Gasteiger partial charge in [-0.1, -0.05) is 44.9 Å². The second-order valence-electron chi connectivity index (χ2n) is 10.4. The number of hydrogen-bond donors (Lipinski definition) is 3.